The average molecular weight is 403 g/mol. The van der Waals surface area contributed by atoms with Crippen molar-refractivity contribution >= 4 is 23.5 Å². The lowest BCUT2D eigenvalue weighted by Gasteiger charge is -2.07. The number of esters is 1. The molecule has 0 amide bonds. The van der Waals surface area contributed by atoms with E-state index in [1.807, 2.05) is 0 Å². The summed E-state index contributed by atoms with van der Waals surface area (Å²) in [6, 6.07) is 18.6. The van der Waals surface area contributed by atoms with Gasteiger partial charge in [-0.3, -0.25) is 14.9 Å². The molecular weight excluding hydrogens is 386 g/mol. The third-order valence-corrected chi connectivity index (χ3v) is 4.20. The Morgan fingerprint density at radius 2 is 1.67 bits per heavy atom. The molecule has 0 saturated heterocycles. The van der Waals surface area contributed by atoms with Gasteiger partial charge in [-0.15, -0.1) is 0 Å². The molecule has 3 aromatic carbocycles. The summed E-state index contributed by atoms with van der Waals surface area (Å²) in [6.45, 7) is 0. The second-order valence-corrected chi connectivity index (χ2v) is 6.16. The number of nitrogens with zero attached hydrogens (tertiary/aromatic N) is 1. The largest absolute Gasteiger partial charge is 0.497 e. The van der Waals surface area contributed by atoms with Crippen LogP contribution in [-0.2, 0) is 0 Å². The van der Waals surface area contributed by atoms with Crippen LogP contribution in [0.1, 0.15) is 26.3 Å². The van der Waals surface area contributed by atoms with Gasteiger partial charge in [0, 0.05) is 23.3 Å². The topological polar surface area (TPSA) is 95.7 Å². The molecule has 0 fully saturated rings. The molecule has 7 heteroatoms. The van der Waals surface area contributed by atoms with Gasteiger partial charge in [0.2, 0.25) is 0 Å². The van der Waals surface area contributed by atoms with Crippen molar-refractivity contribution in [3.05, 3.63) is 106 Å². The van der Waals surface area contributed by atoms with Gasteiger partial charge in [-0.25, -0.2) is 4.79 Å². The number of ketones is 1. The van der Waals surface area contributed by atoms with Crippen molar-refractivity contribution in [2.45, 2.75) is 0 Å². The SMILES string of the molecule is COc1ccc(C(=O)C=Cc2ccccc2OC(=O)c2cccc([N+](=O)[O-])c2)cc1. The lowest BCUT2D eigenvalue weighted by atomic mass is 10.1. The number of hydrogen-bond donors (Lipinski definition) is 0. The summed E-state index contributed by atoms with van der Waals surface area (Å²) in [4.78, 5) is 35.1. The van der Waals surface area contributed by atoms with Crippen LogP contribution in [0.5, 0.6) is 11.5 Å². The minimum Gasteiger partial charge on any atom is -0.497 e. The van der Waals surface area contributed by atoms with Crippen LogP contribution >= 0.6 is 0 Å². The van der Waals surface area contributed by atoms with Crippen molar-refractivity contribution < 1.29 is 24.0 Å². The maximum atomic E-state index is 12.4. The lowest BCUT2D eigenvalue weighted by molar-refractivity contribution is -0.384. The second kappa shape index (κ2) is 9.29. The Morgan fingerprint density at radius 3 is 2.37 bits per heavy atom. The maximum Gasteiger partial charge on any atom is 0.343 e. The number of nitro benzene ring substituents is 1. The molecule has 0 aromatic heterocycles. The number of allylic oxidation sites excluding steroid dienone is 1. The number of non-ortho nitro benzene ring substituents is 1. The Hall–Kier alpha value is -4.26. The summed E-state index contributed by atoms with van der Waals surface area (Å²) in [7, 11) is 1.54. The van der Waals surface area contributed by atoms with Crippen LogP contribution in [0.2, 0.25) is 0 Å². The molecule has 7 nitrogen and oxygen atoms in total. The molecule has 0 aliphatic rings. The maximum absolute atomic E-state index is 12.4. The monoisotopic (exact) mass is 403 g/mol. The zero-order chi connectivity index (χ0) is 21.5. The summed E-state index contributed by atoms with van der Waals surface area (Å²) in [5, 5.41) is 10.9. The molecule has 0 heterocycles. The molecular formula is C23H17NO6. The van der Waals surface area contributed by atoms with Crippen molar-refractivity contribution in [1.29, 1.82) is 0 Å². The summed E-state index contributed by atoms with van der Waals surface area (Å²) in [6.07, 6.45) is 2.92. The third-order valence-electron chi connectivity index (χ3n) is 4.20. The van der Waals surface area contributed by atoms with Gasteiger partial charge in [-0.1, -0.05) is 24.3 Å². The van der Waals surface area contributed by atoms with Crippen LogP contribution in [0.3, 0.4) is 0 Å². The standard InChI is InChI=1S/C23H17NO6/c1-29-20-12-9-16(10-13-20)21(25)14-11-17-5-2-3-8-22(17)30-23(26)18-6-4-7-19(15-18)24(27)28/h2-15H,1H3. The van der Waals surface area contributed by atoms with Crippen molar-refractivity contribution in [3.8, 4) is 11.5 Å². The molecule has 0 N–H and O–H groups in total. The molecule has 30 heavy (non-hydrogen) atoms. The minimum absolute atomic E-state index is 0.0530. The fraction of sp³-hybridized carbons (Fsp3) is 0.0435. The Labute approximate surface area is 172 Å². The molecule has 3 rings (SSSR count). The van der Waals surface area contributed by atoms with Crippen molar-refractivity contribution in [3.63, 3.8) is 0 Å². The number of benzene rings is 3. The predicted molar refractivity (Wildman–Crippen MR) is 111 cm³/mol. The van der Waals surface area contributed by atoms with Gasteiger partial charge >= 0.3 is 5.97 Å². The van der Waals surface area contributed by atoms with E-state index in [4.69, 9.17) is 9.47 Å². The molecule has 0 aliphatic heterocycles. The van der Waals surface area contributed by atoms with Gasteiger partial charge in [0.15, 0.2) is 5.78 Å². The Morgan fingerprint density at radius 1 is 0.933 bits per heavy atom. The number of carbonyl (C=O) groups is 2. The first-order valence-electron chi connectivity index (χ1n) is 8.90. The number of hydrogen-bond acceptors (Lipinski definition) is 6. The molecule has 3 aromatic rings. The molecule has 0 radical (unpaired) electrons. The minimum atomic E-state index is -0.735. The molecule has 0 spiro atoms. The van der Waals surface area contributed by atoms with E-state index >= 15 is 0 Å². The summed E-state index contributed by atoms with van der Waals surface area (Å²) in [5.74, 6) is -0.0831. The molecule has 0 unspecified atom stereocenters. The fourth-order valence-corrected chi connectivity index (χ4v) is 2.63. The molecule has 0 bridgehead atoms. The zero-order valence-electron chi connectivity index (χ0n) is 16.0. The highest BCUT2D eigenvalue weighted by atomic mass is 16.6. The first-order chi connectivity index (χ1) is 14.5. The zero-order valence-corrected chi connectivity index (χ0v) is 16.0. The van der Waals surface area contributed by atoms with Crippen LogP contribution in [-0.4, -0.2) is 23.8 Å². The third kappa shape index (κ3) is 4.96. The van der Waals surface area contributed by atoms with Crippen molar-refractivity contribution in [1.82, 2.24) is 0 Å². The number of ether oxygens (including phenoxy) is 2. The van der Waals surface area contributed by atoms with Gasteiger partial charge in [0.25, 0.3) is 5.69 Å². The Kier molecular flexibility index (Phi) is 6.34. The first kappa shape index (κ1) is 20.5. The number of methoxy groups -OCH3 is 1. The smallest absolute Gasteiger partial charge is 0.343 e. The van der Waals surface area contributed by atoms with Gasteiger partial charge in [-0.05, 0) is 48.6 Å². The van der Waals surface area contributed by atoms with Crippen LogP contribution in [0.4, 0.5) is 5.69 Å². The van der Waals surface area contributed by atoms with Crippen LogP contribution in [0.15, 0.2) is 78.9 Å². The van der Waals surface area contributed by atoms with Gasteiger partial charge < -0.3 is 9.47 Å². The Balaban J connectivity index is 1.77. The summed E-state index contributed by atoms with van der Waals surface area (Å²) >= 11 is 0. The summed E-state index contributed by atoms with van der Waals surface area (Å²) in [5.41, 5.74) is 0.844. The van der Waals surface area contributed by atoms with E-state index in [0.717, 1.165) is 6.07 Å². The molecule has 150 valence electrons. The highest BCUT2D eigenvalue weighted by molar-refractivity contribution is 6.07. The highest BCUT2D eigenvalue weighted by Gasteiger charge is 2.14. The van der Waals surface area contributed by atoms with Gasteiger partial charge in [0.05, 0.1) is 17.6 Å². The van der Waals surface area contributed by atoms with E-state index in [2.05, 4.69) is 0 Å². The van der Waals surface area contributed by atoms with E-state index < -0.39 is 10.9 Å². The normalized spacial score (nSPS) is 10.6. The number of rotatable bonds is 7. The fourth-order valence-electron chi connectivity index (χ4n) is 2.63. The van der Waals surface area contributed by atoms with Crippen LogP contribution < -0.4 is 9.47 Å². The number of nitro groups is 1. The average Bonchev–Trinajstić information content (AvgIpc) is 2.78. The van der Waals surface area contributed by atoms with Crippen molar-refractivity contribution in [2.75, 3.05) is 7.11 Å². The predicted octanol–water partition coefficient (Wildman–Crippen LogP) is 4.72. The summed E-state index contributed by atoms with van der Waals surface area (Å²) < 4.78 is 10.5. The van der Waals surface area contributed by atoms with Gasteiger partial charge in [0.1, 0.15) is 11.5 Å². The Bertz CT molecular complexity index is 1120. The first-order valence-corrected chi connectivity index (χ1v) is 8.90. The van der Waals surface area contributed by atoms with E-state index in [1.165, 1.54) is 24.3 Å². The van der Waals surface area contributed by atoms with E-state index in [9.17, 15) is 19.7 Å². The second-order valence-electron chi connectivity index (χ2n) is 6.16. The van der Waals surface area contributed by atoms with Gasteiger partial charge in [-0.2, -0.15) is 0 Å². The quantitative estimate of drug-likeness (QED) is 0.141. The molecule has 0 atom stereocenters. The van der Waals surface area contributed by atoms with E-state index in [1.54, 1.807) is 61.7 Å². The van der Waals surface area contributed by atoms with E-state index in [-0.39, 0.29) is 22.8 Å². The number of para-hydroxylation sites is 1. The van der Waals surface area contributed by atoms with E-state index in [0.29, 0.717) is 16.9 Å². The molecule has 0 aliphatic carbocycles. The lowest BCUT2D eigenvalue weighted by Crippen LogP contribution is -2.09. The van der Waals surface area contributed by atoms with Crippen molar-refractivity contribution in [2.24, 2.45) is 0 Å². The van der Waals surface area contributed by atoms with Crippen LogP contribution in [0, 0.1) is 10.1 Å². The van der Waals surface area contributed by atoms with Crippen LogP contribution in [0.25, 0.3) is 6.08 Å². The highest BCUT2D eigenvalue weighted by Crippen LogP contribution is 2.22. The molecule has 0 saturated carbocycles. The number of carbonyl (C=O) groups excluding carboxylic acids is 2.